The Morgan fingerprint density at radius 3 is 2.50 bits per heavy atom. The normalized spacial score (nSPS) is 16.9. The summed E-state index contributed by atoms with van der Waals surface area (Å²) in [6.45, 7) is 11.1. The summed E-state index contributed by atoms with van der Waals surface area (Å²) >= 11 is 0. The van der Waals surface area contributed by atoms with Gasteiger partial charge in [0.15, 0.2) is 11.6 Å². The fourth-order valence-corrected chi connectivity index (χ4v) is 3.28. The van der Waals surface area contributed by atoms with Gasteiger partial charge >= 0.3 is 0 Å². The second-order valence-electron chi connectivity index (χ2n) is 8.55. The summed E-state index contributed by atoms with van der Waals surface area (Å²) in [5, 5.41) is 6.76. The van der Waals surface area contributed by atoms with Gasteiger partial charge in [0.25, 0.3) is 0 Å². The Bertz CT molecular complexity index is 800. The van der Waals surface area contributed by atoms with Crippen LogP contribution in [0.3, 0.4) is 0 Å². The third-order valence-corrected chi connectivity index (χ3v) is 4.75. The quantitative estimate of drug-likeness (QED) is 0.699. The van der Waals surface area contributed by atoms with Gasteiger partial charge in [-0.05, 0) is 50.8 Å². The Kier molecular flexibility index (Phi) is 5.82. The SMILES string of the molecule is COc1ccc(CNc2nc(NC(C)(C)C)nc(N3CC[C@H](C)C3)c2N)cc1. The molecule has 0 bridgehead atoms. The molecule has 1 fully saturated rings. The Hall–Kier alpha value is -2.70. The molecule has 0 saturated carbocycles. The summed E-state index contributed by atoms with van der Waals surface area (Å²) in [5.41, 5.74) is 8.06. The van der Waals surface area contributed by atoms with Crippen molar-refractivity contribution < 1.29 is 4.74 Å². The van der Waals surface area contributed by atoms with Gasteiger partial charge < -0.3 is 26.0 Å². The third kappa shape index (κ3) is 4.97. The van der Waals surface area contributed by atoms with Crippen LogP contribution in [-0.2, 0) is 6.54 Å². The molecule has 1 aliphatic heterocycles. The zero-order valence-corrected chi connectivity index (χ0v) is 17.5. The first-order valence-electron chi connectivity index (χ1n) is 9.82. The first-order valence-corrected chi connectivity index (χ1v) is 9.82. The van der Waals surface area contributed by atoms with Gasteiger partial charge in [-0.15, -0.1) is 0 Å². The first-order chi connectivity index (χ1) is 13.2. The highest BCUT2D eigenvalue weighted by molar-refractivity contribution is 5.77. The lowest BCUT2D eigenvalue weighted by Crippen LogP contribution is -2.29. The Morgan fingerprint density at radius 2 is 1.93 bits per heavy atom. The highest BCUT2D eigenvalue weighted by atomic mass is 16.5. The predicted molar refractivity (Wildman–Crippen MR) is 116 cm³/mol. The number of anilines is 4. The third-order valence-electron chi connectivity index (χ3n) is 4.75. The maximum Gasteiger partial charge on any atom is 0.227 e. The number of nitrogen functional groups attached to an aromatic ring is 1. The topological polar surface area (TPSA) is 88.3 Å². The average Bonchev–Trinajstić information content (AvgIpc) is 3.07. The fraction of sp³-hybridized carbons (Fsp3) is 0.524. The zero-order valence-electron chi connectivity index (χ0n) is 17.5. The van der Waals surface area contributed by atoms with E-state index in [1.807, 2.05) is 24.3 Å². The number of rotatable bonds is 6. The van der Waals surface area contributed by atoms with Gasteiger partial charge in [-0.3, -0.25) is 0 Å². The summed E-state index contributed by atoms with van der Waals surface area (Å²) in [6.07, 6.45) is 1.15. The number of nitrogens with zero attached hydrogens (tertiary/aromatic N) is 3. The number of hydrogen-bond donors (Lipinski definition) is 3. The van der Waals surface area contributed by atoms with E-state index in [1.165, 1.54) is 0 Å². The molecule has 0 amide bonds. The monoisotopic (exact) mass is 384 g/mol. The standard InChI is InChI=1S/C21H32N6O/c1-14-10-11-27(13-14)19-17(22)18(24-20(25-19)26-21(2,3)4)23-12-15-6-8-16(28-5)9-7-15/h6-9,14H,10-13,22H2,1-5H3,(H2,23,24,25,26)/t14-/m0/s1. The smallest absolute Gasteiger partial charge is 0.227 e. The molecule has 1 aromatic heterocycles. The van der Waals surface area contributed by atoms with Crippen LogP contribution in [0.2, 0.25) is 0 Å². The second kappa shape index (κ2) is 8.12. The van der Waals surface area contributed by atoms with Crippen molar-refractivity contribution in [3.05, 3.63) is 29.8 Å². The van der Waals surface area contributed by atoms with Crippen LogP contribution in [0.1, 0.15) is 39.7 Å². The van der Waals surface area contributed by atoms with Crippen molar-refractivity contribution in [1.82, 2.24) is 9.97 Å². The number of ether oxygens (including phenoxy) is 1. The van der Waals surface area contributed by atoms with Crippen LogP contribution in [-0.4, -0.2) is 35.7 Å². The van der Waals surface area contributed by atoms with Crippen LogP contribution in [0.4, 0.5) is 23.3 Å². The minimum absolute atomic E-state index is 0.140. The molecule has 28 heavy (non-hydrogen) atoms. The number of nitrogens with two attached hydrogens (primary N) is 1. The minimum Gasteiger partial charge on any atom is -0.497 e. The van der Waals surface area contributed by atoms with Gasteiger partial charge in [0.05, 0.1) is 7.11 Å². The molecular formula is C21H32N6O. The molecule has 0 spiro atoms. The zero-order chi connectivity index (χ0) is 20.3. The van der Waals surface area contributed by atoms with Crippen molar-refractivity contribution >= 4 is 23.3 Å². The number of nitrogens with one attached hydrogen (secondary N) is 2. The van der Waals surface area contributed by atoms with E-state index in [4.69, 9.17) is 15.5 Å². The Labute approximate surface area is 167 Å². The van der Waals surface area contributed by atoms with E-state index in [1.54, 1.807) is 7.11 Å². The highest BCUT2D eigenvalue weighted by Gasteiger charge is 2.25. The van der Waals surface area contributed by atoms with E-state index in [0.717, 1.165) is 36.6 Å². The molecule has 1 aliphatic rings. The van der Waals surface area contributed by atoms with Crippen LogP contribution < -0.4 is 26.0 Å². The lowest BCUT2D eigenvalue weighted by Gasteiger charge is -2.25. The second-order valence-corrected chi connectivity index (χ2v) is 8.55. The maximum atomic E-state index is 6.47. The summed E-state index contributed by atoms with van der Waals surface area (Å²) in [7, 11) is 1.67. The van der Waals surface area contributed by atoms with Crippen molar-refractivity contribution in [3.8, 4) is 5.75 Å². The van der Waals surface area contributed by atoms with Crippen LogP contribution in [0.5, 0.6) is 5.75 Å². The molecule has 1 saturated heterocycles. The van der Waals surface area contributed by atoms with Gasteiger partial charge in [-0.1, -0.05) is 19.1 Å². The predicted octanol–water partition coefficient (Wildman–Crippen LogP) is 3.74. The molecule has 0 aliphatic carbocycles. The van der Waals surface area contributed by atoms with Crippen LogP contribution in [0.25, 0.3) is 0 Å². The fourth-order valence-electron chi connectivity index (χ4n) is 3.28. The molecule has 0 radical (unpaired) electrons. The first kappa shape index (κ1) is 20.0. The van der Waals surface area contributed by atoms with E-state index in [2.05, 4.69) is 48.2 Å². The molecule has 3 rings (SSSR count). The molecule has 7 nitrogen and oxygen atoms in total. The maximum absolute atomic E-state index is 6.47. The van der Waals surface area contributed by atoms with Crippen molar-refractivity contribution in [2.24, 2.45) is 5.92 Å². The van der Waals surface area contributed by atoms with Gasteiger partial charge in [0, 0.05) is 25.2 Å². The number of hydrogen-bond acceptors (Lipinski definition) is 7. The lowest BCUT2D eigenvalue weighted by atomic mass is 10.1. The molecule has 1 atom stereocenters. The molecule has 7 heteroatoms. The van der Waals surface area contributed by atoms with Crippen molar-refractivity contribution in [3.63, 3.8) is 0 Å². The lowest BCUT2D eigenvalue weighted by molar-refractivity contribution is 0.414. The Morgan fingerprint density at radius 1 is 1.21 bits per heavy atom. The molecule has 1 aromatic carbocycles. The molecular weight excluding hydrogens is 352 g/mol. The van der Waals surface area contributed by atoms with Crippen molar-refractivity contribution in [2.45, 2.75) is 46.2 Å². The summed E-state index contributed by atoms with van der Waals surface area (Å²) in [5.74, 6) is 3.54. The van der Waals surface area contributed by atoms with Crippen LogP contribution in [0.15, 0.2) is 24.3 Å². The van der Waals surface area contributed by atoms with Crippen molar-refractivity contribution in [1.29, 1.82) is 0 Å². The highest BCUT2D eigenvalue weighted by Crippen LogP contribution is 2.33. The summed E-state index contributed by atoms with van der Waals surface area (Å²) < 4.78 is 5.22. The number of aromatic nitrogens is 2. The molecule has 2 heterocycles. The average molecular weight is 385 g/mol. The van der Waals surface area contributed by atoms with E-state index in [9.17, 15) is 0 Å². The van der Waals surface area contributed by atoms with E-state index in [0.29, 0.717) is 29.9 Å². The molecule has 4 N–H and O–H groups in total. The number of methoxy groups -OCH3 is 1. The van der Waals surface area contributed by atoms with E-state index in [-0.39, 0.29) is 5.54 Å². The molecule has 0 unspecified atom stereocenters. The van der Waals surface area contributed by atoms with Gasteiger partial charge in [0.2, 0.25) is 5.95 Å². The van der Waals surface area contributed by atoms with Crippen molar-refractivity contribution in [2.75, 3.05) is 41.5 Å². The minimum atomic E-state index is -0.140. The largest absolute Gasteiger partial charge is 0.497 e. The molecule has 2 aromatic rings. The summed E-state index contributed by atoms with van der Waals surface area (Å²) in [6, 6.07) is 7.95. The Balaban J connectivity index is 1.85. The van der Waals surface area contributed by atoms with Gasteiger partial charge in [-0.25, -0.2) is 0 Å². The summed E-state index contributed by atoms with van der Waals surface area (Å²) in [4.78, 5) is 11.6. The van der Waals surface area contributed by atoms with Gasteiger partial charge in [0.1, 0.15) is 11.4 Å². The van der Waals surface area contributed by atoms with Gasteiger partial charge in [-0.2, -0.15) is 9.97 Å². The van der Waals surface area contributed by atoms with Crippen LogP contribution in [0, 0.1) is 5.92 Å². The van der Waals surface area contributed by atoms with Crippen LogP contribution >= 0.6 is 0 Å². The van der Waals surface area contributed by atoms with E-state index >= 15 is 0 Å². The molecule has 152 valence electrons. The number of benzene rings is 1. The van der Waals surface area contributed by atoms with E-state index < -0.39 is 0 Å².